The number of nitrogens with zero attached hydrogens (tertiary/aromatic N) is 3. The molecule has 1 amide bonds. The molecule has 19 heavy (non-hydrogen) atoms. The first-order chi connectivity index (χ1) is 8.86. The van der Waals surface area contributed by atoms with Gasteiger partial charge in [0, 0.05) is 32.3 Å². The SMILES string of the molecule is CN1CC(Nc2nccc(C(F)(F)F)n2)CCC1=O. The van der Waals surface area contributed by atoms with E-state index in [1.54, 1.807) is 7.05 Å². The number of aromatic nitrogens is 2. The Bertz CT molecular complexity index is 477. The van der Waals surface area contributed by atoms with Crippen molar-refractivity contribution < 1.29 is 18.0 Å². The number of carbonyl (C=O) groups excluding carboxylic acids is 1. The lowest BCUT2D eigenvalue weighted by molar-refractivity contribution is -0.141. The number of amides is 1. The number of carbonyl (C=O) groups is 1. The van der Waals surface area contributed by atoms with E-state index in [9.17, 15) is 18.0 Å². The highest BCUT2D eigenvalue weighted by molar-refractivity contribution is 5.76. The minimum atomic E-state index is -4.49. The zero-order valence-corrected chi connectivity index (χ0v) is 10.2. The molecule has 1 aromatic heterocycles. The molecule has 1 aliphatic heterocycles. The van der Waals surface area contributed by atoms with Gasteiger partial charge in [-0.3, -0.25) is 4.79 Å². The molecule has 0 aliphatic carbocycles. The summed E-state index contributed by atoms with van der Waals surface area (Å²) in [7, 11) is 1.66. The zero-order chi connectivity index (χ0) is 14.0. The van der Waals surface area contributed by atoms with Crippen molar-refractivity contribution in [3.8, 4) is 0 Å². The predicted molar refractivity (Wildman–Crippen MR) is 61.3 cm³/mol. The Morgan fingerprint density at radius 1 is 1.47 bits per heavy atom. The second-order valence-electron chi connectivity index (χ2n) is 4.42. The monoisotopic (exact) mass is 274 g/mol. The fourth-order valence-corrected chi connectivity index (χ4v) is 1.90. The zero-order valence-electron chi connectivity index (χ0n) is 10.2. The van der Waals surface area contributed by atoms with Crippen LogP contribution >= 0.6 is 0 Å². The van der Waals surface area contributed by atoms with Crippen LogP contribution in [0, 0.1) is 0 Å². The summed E-state index contributed by atoms with van der Waals surface area (Å²) in [6.45, 7) is 0.429. The highest BCUT2D eigenvalue weighted by Gasteiger charge is 2.33. The molecule has 0 radical (unpaired) electrons. The third kappa shape index (κ3) is 3.33. The van der Waals surface area contributed by atoms with Crippen molar-refractivity contribution >= 4 is 11.9 Å². The quantitative estimate of drug-likeness (QED) is 0.888. The molecule has 0 saturated carbocycles. The van der Waals surface area contributed by atoms with E-state index in [4.69, 9.17) is 0 Å². The Morgan fingerprint density at radius 3 is 2.84 bits per heavy atom. The highest BCUT2D eigenvalue weighted by Crippen LogP contribution is 2.27. The number of nitrogens with one attached hydrogen (secondary N) is 1. The molecule has 0 aromatic carbocycles. The largest absolute Gasteiger partial charge is 0.433 e. The van der Waals surface area contributed by atoms with Gasteiger partial charge in [-0.15, -0.1) is 0 Å². The molecule has 5 nitrogen and oxygen atoms in total. The van der Waals surface area contributed by atoms with Crippen molar-refractivity contribution in [1.82, 2.24) is 14.9 Å². The van der Waals surface area contributed by atoms with Crippen LogP contribution in [0.15, 0.2) is 12.3 Å². The predicted octanol–water partition coefficient (Wildman–Crippen LogP) is 1.53. The maximum atomic E-state index is 12.5. The summed E-state index contributed by atoms with van der Waals surface area (Å²) in [5.41, 5.74) is -0.981. The van der Waals surface area contributed by atoms with E-state index in [-0.39, 0.29) is 17.9 Å². The van der Waals surface area contributed by atoms with Gasteiger partial charge in [-0.2, -0.15) is 13.2 Å². The van der Waals surface area contributed by atoms with Crippen LogP contribution in [-0.4, -0.2) is 40.4 Å². The maximum absolute atomic E-state index is 12.5. The lowest BCUT2D eigenvalue weighted by atomic mass is 10.1. The average molecular weight is 274 g/mol. The van der Waals surface area contributed by atoms with Gasteiger partial charge < -0.3 is 10.2 Å². The molecular formula is C11H13F3N4O. The van der Waals surface area contributed by atoms with Crippen molar-refractivity contribution in [2.75, 3.05) is 18.9 Å². The lowest BCUT2D eigenvalue weighted by Gasteiger charge is -2.30. The second-order valence-corrected chi connectivity index (χ2v) is 4.42. The summed E-state index contributed by atoms with van der Waals surface area (Å²) in [6.07, 6.45) is -2.50. The van der Waals surface area contributed by atoms with Gasteiger partial charge in [-0.1, -0.05) is 0 Å². The molecule has 0 spiro atoms. The Kier molecular flexibility index (Phi) is 3.59. The van der Waals surface area contributed by atoms with Crippen molar-refractivity contribution in [3.05, 3.63) is 18.0 Å². The molecule has 1 atom stereocenters. The van der Waals surface area contributed by atoms with Gasteiger partial charge in [0.05, 0.1) is 0 Å². The summed E-state index contributed by atoms with van der Waals surface area (Å²) < 4.78 is 37.5. The van der Waals surface area contributed by atoms with Crippen LogP contribution in [0.4, 0.5) is 19.1 Å². The fourth-order valence-electron chi connectivity index (χ4n) is 1.90. The van der Waals surface area contributed by atoms with Gasteiger partial charge in [0.25, 0.3) is 0 Å². The fraction of sp³-hybridized carbons (Fsp3) is 0.545. The molecule has 0 bridgehead atoms. The van der Waals surface area contributed by atoms with Gasteiger partial charge in [-0.05, 0) is 12.5 Å². The molecule has 1 fully saturated rings. The van der Waals surface area contributed by atoms with E-state index in [2.05, 4.69) is 15.3 Å². The number of anilines is 1. The smallest absolute Gasteiger partial charge is 0.350 e. The molecular weight excluding hydrogens is 261 g/mol. The van der Waals surface area contributed by atoms with Crippen molar-refractivity contribution in [2.24, 2.45) is 0 Å². The molecule has 1 N–H and O–H groups in total. The van der Waals surface area contributed by atoms with Gasteiger partial charge in [-0.25, -0.2) is 9.97 Å². The number of hydrogen-bond donors (Lipinski definition) is 1. The molecule has 1 saturated heterocycles. The standard InChI is InChI=1S/C11H13F3N4O/c1-18-6-7(2-3-9(18)19)16-10-15-5-4-8(17-10)11(12,13)14/h4-5,7H,2-3,6H2,1H3,(H,15,16,17). The molecule has 2 rings (SSSR count). The number of rotatable bonds is 2. The number of likely N-dealkylation sites (tertiary alicyclic amines) is 1. The van der Waals surface area contributed by atoms with E-state index in [1.807, 2.05) is 0 Å². The van der Waals surface area contributed by atoms with Crippen LogP contribution in [0.2, 0.25) is 0 Å². The summed E-state index contributed by atoms with van der Waals surface area (Å²) in [5.74, 6) is -0.0365. The van der Waals surface area contributed by atoms with Crippen LogP contribution in [-0.2, 0) is 11.0 Å². The van der Waals surface area contributed by atoms with Crippen molar-refractivity contribution in [1.29, 1.82) is 0 Å². The Labute approximate surface area is 107 Å². The number of halogens is 3. The van der Waals surface area contributed by atoms with Crippen LogP contribution in [0.5, 0.6) is 0 Å². The van der Waals surface area contributed by atoms with Crippen LogP contribution in [0.1, 0.15) is 18.5 Å². The first kappa shape index (κ1) is 13.6. The summed E-state index contributed by atoms with van der Waals surface area (Å²) in [4.78, 5) is 20.0. The highest BCUT2D eigenvalue weighted by atomic mass is 19.4. The van der Waals surface area contributed by atoms with Crippen molar-refractivity contribution in [3.63, 3.8) is 0 Å². The van der Waals surface area contributed by atoms with Crippen LogP contribution < -0.4 is 5.32 Å². The third-order valence-electron chi connectivity index (χ3n) is 2.91. The topological polar surface area (TPSA) is 58.1 Å². The summed E-state index contributed by atoms with van der Waals surface area (Å²) in [5, 5.41) is 2.83. The van der Waals surface area contributed by atoms with E-state index < -0.39 is 11.9 Å². The summed E-state index contributed by atoms with van der Waals surface area (Å²) >= 11 is 0. The Hall–Kier alpha value is -1.86. The van der Waals surface area contributed by atoms with Crippen LogP contribution in [0.25, 0.3) is 0 Å². The maximum Gasteiger partial charge on any atom is 0.433 e. The lowest BCUT2D eigenvalue weighted by Crippen LogP contribution is -2.43. The van der Waals surface area contributed by atoms with Crippen LogP contribution in [0.3, 0.4) is 0 Å². The molecule has 2 heterocycles. The number of alkyl halides is 3. The molecule has 1 aromatic rings. The average Bonchev–Trinajstić information content (AvgIpc) is 2.33. The van der Waals surface area contributed by atoms with Gasteiger partial charge >= 0.3 is 6.18 Å². The van der Waals surface area contributed by atoms with E-state index in [1.165, 1.54) is 4.90 Å². The first-order valence-electron chi connectivity index (χ1n) is 5.77. The molecule has 1 aliphatic rings. The number of likely N-dealkylation sites (N-methyl/N-ethyl adjacent to an activating group) is 1. The Morgan fingerprint density at radius 2 is 2.21 bits per heavy atom. The second kappa shape index (κ2) is 5.02. The van der Waals surface area contributed by atoms with Gasteiger partial charge in [0.1, 0.15) is 5.69 Å². The summed E-state index contributed by atoms with van der Waals surface area (Å²) in [6, 6.07) is 0.688. The molecule has 1 unspecified atom stereocenters. The van der Waals surface area contributed by atoms with Gasteiger partial charge in [0.2, 0.25) is 11.9 Å². The first-order valence-corrected chi connectivity index (χ1v) is 5.77. The normalized spacial score (nSPS) is 20.5. The molecule has 8 heteroatoms. The van der Waals surface area contributed by atoms with E-state index in [0.29, 0.717) is 19.4 Å². The molecule has 104 valence electrons. The van der Waals surface area contributed by atoms with Gasteiger partial charge in [0.15, 0.2) is 0 Å². The van der Waals surface area contributed by atoms with E-state index >= 15 is 0 Å². The van der Waals surface area contributed by atoms with Crippen molar-refractivity contribution in [2.45, 2.75) is 25.1 Å². The minimum absolute atomic E-state index is 0.0306. The third-order valence-corrected chi connectivity index (χ3v) is 2.91. The van der Waals surface area contributed by atoms with E-state index in [0.717, 1.165) is 12.3 Å². The Balaban J connectivity index is 2.05. The minimum Gasteiger partial charge on any atom is -0.350 e. The number of hydrogen-bond acceptors (Lipinski definition) is 4. The number of piperidine rings is 1.